The zero-order valence-corrected chi connectivity index (χ0v) is 20.8. The van der Waals surface area contributed by atoms with Gasteiger partial charge in [-0.05, 0) is 31.9 Å². The van der Waals surface area contributed by atoms with Crippen LogP contribution in [0, 0.1) is 6.92 Å². The van der Waals surface area contributed by atoms with Gasteiger partial charge in [-0.15, -0.1) is 11.3 Å². The fourth-order valence-corrected chi connectivity index (χ4v) is 4.13. The van der Waals surface area contributed by atoms with Crippen LogP contribution in [0.4, 0.5) is 0 Å². The number of hydrogen-bond acceptors (Lipinski definition) is 10. The number of aromatic nitrogens is 1. The minimum absolute atomic E-state index is 0.212. The number of methoxy groups -OCH3 is 2. The lowest BCUT2D eigenvalue weighted by atomic mass is 10.1. The number of nitrogens with zero attached hydrogens (tertiary/aromatic N) is 1. The van der Waals surface area contributed by atoms with Gasteiger partial charge in [-0.3, -0.25) is 14.4 Å². The van der Waals surface area contributed by atoms with Gasteiger partial charge in [0.15, 0.2) is 6.10 Å². The second-order valence-corrected chi connectivity index (χ2v) is 8.56. The molecule has 11 heteroatoms. The Morgan fingerprint density at radius 2 is 1.94 bits per heavy atom. The molecule has 0 bridgehead atoms. The lowest BCUT2D eigenvalue weighted by Gasteiger charge is -2.20. The number of hydrogen-bond donors (Lipinski definition) is 1. The maximum absolute atomic E-state index is 13.1. The third-order valence-corrected chi connectivity index (χ3v) is 6.25. The summed E-state index contributed by atoms with van der Waals surface area (Å²) in [6.07, 6.45) is 0.464. The molecule has 3 rings (SSSR count). The third-order valence-electron chi connectivity index (χ3n) is 5.26. The summed E-state index contributed by atoms with van der Waals surface area (Å²) in [5.74, 6) is -1.75. The molecule has 0 aliphatic heterocycles. The quantitative estimate of drug-likeness (QED) is 0.438. The molecule has 2 aromatic heterocycles. The molecule has 0 saturated carbocycles. The summed E-state index contributed by atoms with van der Waals surface area (Å²) in [5.41, 5.74) is 1.96. The lowest BCUT2D eigenvalue weighted by molar-refractivity contribution is -0.151. The van der Waals surface area contributed by atoms with Crippen LogP contribution in [0.15, 0.2) is 33.0 Å². The molecule has 0 fully saturated rings. The van der Waals surface area contributed by atoms with E-state index in [0.717, 1.165) is 12.8 Å². The Balaban J connectivity index is 1.86. The molecule has 2 unspecified atom stereocenters. The molecule has 10 nitrogen and oxygen atoms in total. The van der Waals surface area contributed by atoms with E-state index in [0.29, 0.717) is 39.3 Å². The molecule has 2 atom stereocenters. The fourth-order valence-electron chi connectivity index (χ4n) is 3.33. The predicted octanol–water partition coefficient (Wildman–Crippen LogP) is 2.78. The van der Waals surface area contributed by atoms with Gasteiger partial charge in [0.1, 0.15) is 28.6 Å². The molecule has 1 amide bonds. The van der Waals surface area contributed by atoms with Crippen molar-refractivity contribution >= 4 is 40.2 Å². The van der Waals surface area contributed by atoms with Gasteiger partial charge < -0.3 is 23.9 Å². The Bertz CT molecular complexity index is 1310. The minimum atomic E-state index is -1.22. The van der Waals surface area contributed by atoms with Crippen LogP contribution in [0.1, 0.15) is 31.5 Å². The largest absolute Gasteiger partial charge is 0.480 e. The number of fused-ring (bicyclic) bond motifs is 1. The van der Waals surface area contributed by atoms with Gasteiger partial charge in [0.05, 0.1) is 31.6 Å². The number of thiazole rings is 1. The smallest absolute Gasteiger partial charge is 0.328 e. The van der Waals surface area contributed by atoms with E-state index in [1.54, 1.807) is 12.1 Å². The van der Waals surface area contributed by atoms with Crippen molar-refractivity contribution in [3.63, 3.8) is 0 Å². The normalized spacial score (nSPS) is 12.6. The molecular weight excluding hydrogens is 476 g/mol. The van der Waals surface area contributed by atoms with E-state index >= 15 is 0 Å². The summed E-state index contributed by atoms with van der Waals surface area (Å²) in [6.45, 7) is 5.23. The number of esters is 2. The molecule has 0 aliphatic carbocycles. The highest BCUT2D eigenvalue weighted by Gasteiger charge is 2.28. The highest BCUT2D eigenvalue weighted by molar-refractivity contribution is 7.13. The van der Waals surface area contributed by atoms with Gasteiger partial charge in [-0.25, -0.2) is 9.78 Å². The predicted molar refractivity (Wildman–Crippen MR) is 128 cm³/mol. The lowest BCUT2D eigenvalue weighted by Crippen LogP contribution is -2.47. The van der Waals surface area contributed by atoms with Crippen molar-refractivity contribution in [2.45, 2.75) is 45.8 Å². The first-order chi connectivity index (χ1) is 16.7. The Kier molecular flexibility index (Phi) is 8.23. The van der Waals surface area contributed by atoms with Crippen molar-refractivity contribution in [2.24, 2.45) is 0 Å². The molecule has 186 valence electrons. The van der Waals surface area contributed by atoms with Crippen molar-refractivity contribution in [1.82, 2.24) is 10.3 Å². The molecular formula is C24H26N2O8S. The summed E-state index contributed by atoms with van der Waals surface area (Å²) >= 11 is 1.36. The standard InChI is InChI=1S/C24H26N2O8S/c1-6-14-7-15-19(33-10-16(21(15)28)23-25-12(2)11-35-23)9-18(14)34-13(3)22(29)26-17(24(30)32-5)8-20(27)31-4/h7,9-11,13,17H,6,8H2,1-5H3,(H,26,29). The molecule has 0 aliphatic rings. The van der Waals surface area contributed by atoms with E-state index in [-0.39, 0.29) is 11.8 Å². The second-order valence-electron chi connectivity index (χ2n) is 7.71. The Labute approximate surface area is 205 Å². The van der Waals surface area contributed by atoms with Crippen LogP contribution in [-0.4, -0.2) is 49.2 Å². The van der Waals surface area contributed by atoms with Crippen LogP contribution in [0.5, 0.6) is 5.75 Å². The van der Waals surface area contributed by atoms with Crippen LogP contribution in [0.2, 0.25) is 0 Å². The first-order valence-corrected chi connectivity index (χ1v) is 11.7. The average molecular weight is 503 g/mol. The number of benzene rings is 1. The molecule has 1 aromatic carbocycles. The number of nitrogens with one attached hydrogen (secondary N) is 1. The summed E-state index contributed by atoms with van der Waals surface area (Å²) in [5, 5.41) is 5.26. The molecule has 1 N–H and O–H groups in total. The van der Waals surface area contributed by atoms with Crippen LogP contribution in [0.3, 0.4) is 0 Å². The number of rotatable bonds is 9. The van der Waals surface area contributed by atoms with Crippen molar-refractivity contribution in [3.8, 4) is 16.3 Å². The number of aryl methyl sites for hydroxylation is 2. The van der Waals surface area contributed by atoms with Crippen LogP contribution in [-0.2, 0) is 30.3 Å². The van der Waals surface area contributed by atoms with Gasteiger partial charge in [0.25, 0.3) is 5.91 Å². The van der Waals surface area contributed by atoms with Gasteiger partial charge >= 0.3 is 11.9 Å². The number of carbonyl (C=O) groups excluding carboxylic acids is 3. The maximum atomic E-state index is 13.1. The van der Waals surface area contributed by atoms with Crippen molar-refractivity contribution in [3.05, 3.63) is 45.3 Å². The van der Waals surface area contributed by atoms with Crippen LogP contribution >= 0.6 is 11.3 Å². The summed E-state index contributed by atoms with van der Waals surface area (Å²) in [7, 11) is 2.33. The summed E-state index contributed by atoms with van der Waals surface area (Å²) in [6, 6.07) is 2.02. The Morgan fingerprint density at radius 1 is 1.20 bits per heavy atom. The van der Waals surface area contributed by atoms with Crippen LogP contribution < -0.4 is 15.5 Å². The van der Waals surface area contributed by atoms with Crippen molar-refractivity contribution < 1.29 is 33.0 Å². The molecule has 2 heterocycles. The second kappa shape index (κ2) is 11.1. The molecule has 3 aromatic rings. The van der Waals surface area contributed by atoms with Crippen LogP contribution in [0.25, 0.3) is 21.5 Å². The zero-order valence-electron chi connectivity index (χ0n) is 20.0. The number of amides is 1. The Hall–Kier alpha value is -3.73. The first-order valence-electron chi connectivity index (χ1n) is 10.8. The third kappa shape index (κ3) is 5.86. The minimum Gasteiger partial charge on any atom is -0.480 e. The van der Waals surface area contributed by atoms with E-state index in [2.05, 4.69) is 19.8 Å². The topological polar surface area (TPSA) is 134 Å². The average Bonchev–Trinajstić information content (AvgIpc) is 3.28. The highest BCUT2D eigenvalue weighted by atomic mass is 32.1. The van der Waals surface area contributed by atoms with Gasteiger partial charge in [0.2, 0.25) is 5.43 Å². The van der Waals surface area contributed by atoms with E-state index < -0.39 is 30.0 Å². The van der Waals surface area contributed by atoms with Gasteiger partial charge in [-0.1, -0.05) is 6.92 Å². The highest BCUT2D eigenvalue weighted by Crippen LogP contribution is 2.29. The fraction of sp³-hybridized carbons (Fsp3) is 0.375. The van der Waals surface area contributed by atoms with E-state index in [1.807, 2.05) is 19.2 Å². The summed E-state index contributed by atoms with van der Waals surface area (Å²) < 4.78 is 20.8. The van der Waals surface area contributed by atoms with Crippen molar-refractivity contribution in [2.75, 3.05) is 14.2 Å². The zero-order chi connectivity index (χ0) is 25.7. The number of ether oxygens (including phenoxy) is 3. The van der Waals surface area contributed by atoms with Crippen molar-refractivity contribution in [1.29, 1.82) is 0 Å². The summed E-state index contributed by atoms with van der Waals surface area (Å²) in [4.78, 5) is 53.7. The number of carbonyl (C=O) groups is 3. The van der Waals surface area contributed by atoms with E-state index in [9.17, 15) is 19.2 Å². The monoisotopic (exact) mass is 502 g/mol. The Morgan fingerprint density at radius 3 is 2.54 bits per heavy atom. The van der Waals surface area contributed by atoms with Gasteiger partial charge in [0, 0.05) is 17.1 Å². The van der Waals surface area contributed by atoms with E-state index in [1.165, 1.54) is 31.6 Å². The van der Waals surface area contributed by atoms with Gasteiger partial charge in [-0.2, -0.15) is 0 Å². The molecule has 0 radical (unpaired) electrons. The van der Waals surface area contributed by atoms with E-state index in [4.69, 9.17) is 9.15 Å². The molecule has 0 spiro atoms. The maximum Gasteiger partial charge on any atom is 0.328 e. The first kappa shape index (κ1) is 25.9. The SMILES string of the molecule is CCc1cc2c(=O)c(-c3nc(C)cs3)coc2cc1OC(C)C(=O)NC(CC(=O)OC)C(=O)OC. The molecule has 0 saturated heterocycles. The molecule has 35 heavy (non-hydrogen) atoms.